The molecule has 2 rings (SSSR count). The molecule has 0 spiro atoms. The van der Waals surface area contributed by atoms with E-state index in [9.17, 15) is 9.18 Å². The van der Waals surface area contributed by atoms with E-state index in [1.54, 1.807) is 12.1 Å². The van der Waals surface area contributed by atoms with E-state index < -0.39 is 17.8 Å². The lowest BCUT2D eigenvalue weighted by Gasteiger charge is -2.13. The number of rotatable bonds is 3. The van der Waals surface area contributed by atoms with Crippen LogP contribution in [0, 0.1) is 12.7 Å². The third-order valence-electron chi connectivity index (χ3n) is 2.91. The summed E-state index contributed by atoms with van der Waals surface area (Å²) in [7, 11) is 0. The minimum atomic E-state index is -0.811. The molecule has 2 aromatic carbocycles. The van der Waals surface area contributed by atoms with Gasteiger partial charge in [0.2, 0.25) is 5.91 Å². The van der Waals surface area contributed by atoms with Crippen LogP contribution in [0.5, 0.6) is 0 Å². The zero-order valence-corrected chi connectivity index (χ0v) is 11.6. The summed E-state index contributed by atoms with van der Waals surface area (Å²) >= 11 is 5.58. The zero-order valence-electron chi connectivity index (χ0n) is 10.9. The Kier molecular flexibility index (Phi) is 4.37. The number of hydrogen-bond donors (Lipinski definition) is 2. The fourth-order valence-corrected chi connectivity index (χ4v) is 1.84. The first-order valence-electron chi connectivity index (χ1n) is 6.05. The van der Waals surface area contributed by atoms with Crippen LogP contribution in [0.1, 0.15) is 17.2 Å². The van der Waals surface area contributed by atoms with Crippen LogP contribution in [0.15, 0.2) is 42.5 Å². The van der Waals surface area contributed by atoms with Gasteiger partial charge in [0.1, 0.15) is 11.9 Å². The first kappa shape index (κ1) is 14.5. The lowest BCUT2D eigenvalue weighted by Crippen LogP contribution is -2.27. The molecule has 0 heterocycles. The molecule has 0 aliphatic heterocycles. The van der Waals surface area contributed by atoms with E-state index in [0.717, 1.165) is 11.6 Å². The van der Waals surface area contributed by atoms with E-state index in [-0.39, 0.29) is 5.02 Å². The molecule has 5 heteroatoms. The second-order valence-electron chi connectivity index (χ2n) is 4.51. The quantitative estimate of drug-likeness (QED) is 0.910. The van der Waals surface area contributed by atoms with Crippen LogP contribution in [0.2, 0.25) is 5.02 Å². The van der Waals surface area contributed by atoms with Crippen molar-refractivity contribution in [2.24, 2.45) is 5.73 Å². The number of nitrogens with two attached hydrogens (primary N) is 1. The summed E-state index contributed by atoms with van der Waals surface area (Å²) in [4.78, 5) is 12.0. The normalized spacial score (nSPS) is 12.0. The number of aryl methyl sites for hydroxylation is 1. The maximum Gasteiger partial charge on any atom is 0.245 e. The monoisotopic (exact) mass is 292 g/mol. The predicted octanol–water partition coefficient (Wildman–Crippen LogP) is 3.43. The van der Waals surface area contributed by atoms with E-state index in [2.05, 4.69) is 5.32 Å². The standard InChI is InChI=1S/C15H14ClFN2O/c1-9-2-4-10(5-3-9)14(18)15(20)19-11-6-7-12(16)13(17)8-11/h2-8,14H,18H2,1H3,(H,19,20). The van der Waals surface area contributed by atoms with Crippen LogP contribution in [0.25, 0.3) is 0 Å². The summed E-state index contributed by atoms with van der Waals surface area (Å²) in [5.41, 5.74) is 7.97. The highest BCUT2D eigenvalue weighted by molar-refractivity contribution is 6.30. The molecular weight excluding hydrogens is 279 g/mol. The Bertz CT molecular complexity index is 628. The highest BCUT2D eigenvalue weighted by Gasteiger charge is 2.16. The number of carbonyl (C=O) groups excluding carboxylic acids is 1. The molecule has 0 aliphatic rings. The van der Waals surface area contributed by atoms with E-state index in [1.165, 1.54) is 12.1 Å². The van der Waals surface area contributed by atoms with Crippen molar-refractivity contribution in [1.29, 1.82) is 0 Å². The van der Waals surface area contributed by atoms with Gasteiger partial charge in [-0.2, -0.15) is 0 Å². The van der Waals surface area contributed by atoms with Gasteiger partial charge in [0.05, 0.1) is 5.02 Å². The van der Waals surface area contributed by atoms with Crippen LogP contribution in [-0.4, -0.2) is 5.91 Å². The second kappa shape index (κ2) is 6.03. The molecule has 1 unspecified atom stereocenters. The lowest BCUT2D eigenvalue weighted by atomic mass is 10.1. The summed E-state index contributed by atoms with van der Waals surface area (Å²) in [6, 6.07) is 10.6. The topological polar surface area (TPSA) is 55.1 Å². The fraction of sp³-hybridized carbons (Fsp3) is 0.133. The van der Waals surface area contributed by atoms with Crippen LogP contribution in [-0.2, 0) is 4.79 Å². The Hall–Kier alpha value is -1.91. The molecule has 0 aromatic heterocycles. The fourth-order valence-electron chi connectivity index (χ4n) is 1.72. The highest BCUT2D eigenvalue weighted by Crippen LogP contribution is 2.20. The lowest BCUT2D eigenvalue weighted by molar-refractivity contribution is -0.117. The first-order chi connectivity index (χ1) is 9.47. The van der Waals surface area contributed by atoms with Crippen molar-refractivity contribution < 1.29 is 9.18 Å². The first-order valence-corrected chi connectivity index (χ1v) is 6.43. The summed E-state index contributed by atoms with van der Waals surface area (Å²) in [5.74, 6) is -0.996. The van der Waals surface area contributed by atoms with E-state index in [1.807, 2.05) is 19.1 Å². The van der Waals surface area contributed by atoms with Crippen LogP contribution in [0.3, 0.4) is 0 Å². The molecule has 20 heavy (non-hydrogen) atoms. The average Bonchev–Trinajstić information content (AvgIpc) is 2.43. The Balaban J connectivity index is 2.11. The van der Waals surface area contributed by atoms with Gasteiger partial charge in [0.15, 0.2) is 0 Å². The van der Waals surface area contributed by atoms with Gasteiger partial charge in [-0.25, -0.2) is 4.39 Å². The second-order valence-corrected chi connectivity index (χ2v) is 4.91. The van der Waals surface area contributed by atoms with Crippen molar-refractivity contribution in [2.45, 2.75) is 13.0 Å². The molecule has 1 amide bonds. The minimum Gasteiger partial charge on any atom is -0.324 e. The van der Waals surface area contributed by atoms with Crippen molar-refractivity contribution in [3.8, 4) is 0 Å². The molecule has 3 N–H and O–H groups in total. The maximum absolute atomic E-state index is 13.3. The molecule has 0 saturated carbocycles. The van der Waals surface area contributed by atoms with Gasteiger partial charge >= 0.3 is 0 Å². The summed E-state index contributed by atoms with van der Waals surface area (Å²) in [5, 5.41) is 2.57. The van der Waals surface area contributed by atoms with E-state index >= 15 is 0 Å². The predicted molar refractivity (Wildman–Crippen MR) is 78.1 cm³/mol. The smallest absolute Gasteiger partial charge is 0.245 e. The van der Waals surface area contributed by atoms with Crippen LogP contribution < -0.4 is 11.1 Å². The number of carbonyl (C=O) groups is 1. The molecule has 1 atom stereocenters. The van der Waals surface area contributed by atoms with Crippen molar-refractivity contribution in [2.75, 3.05) is 5.32 Å². The maximum atomic E-state index is 13.3. The van der Waals surface area contributed by atoms with Gasteiger partial charge in [0.25, 0.3) is 0 Å². The molecule has 2 aromatic rings. The summed E-state index contributed by atoms with van der Waals surface area (Å²) in [6.45, 7) is 1.95. The van der Waals surface area contributed by atoms with Crippen molar-refractivity contribution >= 4 is 23.2 Å². The van der Waals surface area contributed by atoms with Crippen molar-refractivity contribution in [1.82, 2.24) is 0 Å². The van der Waals surface area contributed by atoms with Crippen LogP contribution >= 0.6 is 11.6 Å². The Labute approximate surface area is 121 Å². The molecule has 3 nitrogen and oxygen atoms in total. The molecule has 0 bridgehead atoms. The minimum absolute atomic E-state index is 0.00540. The average molecular weight is 293 g/mol. The number of hydrogen-bond acceptors (Lipinski definition) is 2. The highest BCUT2D eigenvalue weighted by atomic mass is 35.5. The van der Waals surface area contributed by atoms with Gasteiger partial charge in [-0.15, -0.1) is 0 Å². The van der Waals surface area contributed by atoms with Gasteiger partial charge in [-0.05, 0) is 30.7 Å². The van der Waals surface area contributed by atoms with Crippen LogP contribution in [0.4, 0.5) is 10.1 Å². The largest absolute Gasteiger partial charge is 0.324 e. The Morgan fingerprint density at radius 2 is 1.90 bits per heavy atom. The summed E-state index contributed by atoms with van der Waals surface area (Å²) in [6.07, 6.45) is 0. The molecule has 0 aliphatic carbocycles. The van der Waals surface area contributed by atoms with Crippen molar-refractivity contribution in [3.05, 3.63) is 64.4 Å². The number of benzene rings is 2. The summed E-state index contributed by atoms with van der Waals surface area (Å²) < 4.78 is 13.3. The van der Waals surface area contributed by atoms with Gasteiger partial charge in [-0.1, -0.05) is 41.4 Å². The molecule has 0 radical (unpaired) electrons. The van der Waals surface area contributed by atoms with Gasteiger partial charge < -0.3 is 11.1 Å². The number of anilines is 1. The van der Waals surface area contributed by atoms with E-state index in [4.69, 9.17) is 17.3 Å². The third-order valence-corrected chi connectivity index (χ3v) is 3.21. The number of nitrogens with one attached hydrogen (secondary N) is 1. The molecule has 0 fully saturated rings. The van der Waals surface area contributed by atoms with Gasteiger partial charge in [0, 0.05) is 5.69 Å². The molecular formula is C15H14ClFN2O. The Morgan fingerprint density at radius 3 is 2.50 bits per heavy atom. The Morgan fingerprint density at radius 1 is 1.25 bits per heavy atom. The van der Waals surface area contributed by atoms with E-state index in [0.29, 0.717) is 11.3 Å². The zero-order chi connectivity index (χ0) is 14.7. The number of halogens is 2. The SMILES string of the molecule is Cc1ccc(C(N)C(=O)Nc2ccc(Cl)c(F)c2)cc1. The molecule has 104 valence electrons. The van der Waals surface area contributed by atoms with Crippen molar-refractivity contribution in [3.63, 3.8) is 0 Å². The molecule has 0 saturated heterocycles. The number of amides is 1. The third kappa shape index (κ3) is 3.35. The van der Waals surface area contributed by atoms with Gasteiger partial charge in [-0.3, -0.25) is 4.79 Å².